The number of hydrogen-bond donors (Lipinski definition) is 3. The van der Waals surface area contributed by atoms with Gasteiger partial charge < -0.3 is 20.6 Å². The molecule has 0 bridgehead atoms. The summed E-state index contributed by atoms with van der Waals surface area (Å²) in [5, 5.41) is 15.2. The molecule has 1 fully saturated rings. The maximum absolute atomic E-state index is 11.8. The molecule has 6 nitrogen and oxygen atoms in total. The summed E-state index contributed by atoms with van der Waals surface area (Å²) in [6.45, 7) is 3.82. The van der Waals surface area contributed by atoms with Crippen molar-refractivity contribution in [2.75, 3.05) is 26.2 Å². The lowest BCUT2D eigenvalue weighted by atomic mass is 10.1. The van der Waals surface area contributed by atoms with E-state index >= 15 is 0 Å². The predicted octanol–water partition coefficient (Wildman–Crippen LogP) is -0.212. The molecule has 0 aromatic heterocycles. The Morgan fingerprint density at radius 3 is 2.76 bits per heavy atom. The molecule has 0 unspecified atom stereocenters. The normalized spacial score (nSPS) is 16.7. The van der Waals surface area contributed by atoms with Crippen LogP contribution >= 0.6 is 0 Å². The molecular formula is C15H21N3O3. The van der Waals surface area contributed by atoms with Gasteiger partial charge in [0.15, 0.2) is 0 Å². The Hall–Kier alpha value is -1.92. The highest BCUT2D eigenvalue weighted by Crippen LogP contribution is 2.12. The van der Waals surface area contributed by atoms with Crippen LogP contribution in [0.5, 0.6) is 0 Å². The Morgan fingerprint density at radius 1 is 1.43 bits per heavy atom. The van der Waals surface area contributed by atoms with Crippen molar-refractivity contribution >= 4 is 11.8 Å². The van der Waals surface area contributed by atoms with Crippen molar-refractivity contribution in [2.45, 2.75) is 19.6 Å². The topological polar surface area (TPSA) is 81.7 Å². The molecule has 0 saturated carbocycles. The monoisotopic (exact) mass is 291 g/mol. The summed E-state index contributed by atoms with van der Waals surface area (Å²) < 4.78 is 0. The number of rotatable bonds is 5. The number of nitrogens with zero attached hydrogens (tertiary/aromatic N) is 1. The molecule has 0 radical (unpaired) electrons. The van der Waals surface area contributed by atoms with Gasteiger partial charge in [0.25, 0.3) is 0 Å². The van der Waals surface area contributed by atoms with E-state index in [2.05, 4.69) is 10.6 Å². The molecule has 1 heterocycles. The first kappa shape index (κ1) is 15.5. The van der Waals surface area contributed by atoms with Crippen LogP contribution in [0.3, 0.4) is 0 Å². The number of hydrogen-bond acceptors (Lipinski definition) is 4. The molecular weight excluding hydrogens is 270 g/mol. The molecule has 21 heavy (non-hydrogen) atoms. The molecule has 0 aliphatic carbocycles. The minimum absolute atomic E-state index is 0.0438. The van der Waals surface area contributed by atoms with Gasteiger partial charge in [-0.05, 0) is 18.1 Å². The Balaban J connectivity index is 1.79. The van der Waals surface area contributed by atoms with Crippen molar-refractivity contribution in [3.8, 4) is 0 Å². The van der Waals surface area contributed by atoms with E-state index in [1.807, 2.05) is 24.3 Å². The summed E-state index contributed by atoms with van der Waals surface area (Å²) in [6, 6.07) is 7.43. The predicted molar refractivity (Wildman–Crippen MR) is 78.4 cm³/mol. The van der Waals surface area contributed by atoms with Crippen molar-refractivity contribution in [2.24, 2.45) is 0 Å². The van der Waals surface area contributed by atoms with Gasteiger partial charge in [0.2, 0.25) is 11.8 Å². The fourth-order valence-corrected chi connectivity index (χ4v) is 2.16. The SMILES string of the molecule is C[C@H](O)c1ccc(CNC(=O)CN2CCNCC2=O)cc1. The standard InChI is InChI=1S/C15H21N3O3/c1-11(19)13-4-2-12(3-5-13)8-17-14(20)10-18-7-6-16-9-15(18)21/h2-5,11,16,19H,6-10H2,1H3,(H,17,20)/t11-/m0/s1. The second-order valence-electron chi connectivity index (χ2n) is 5.19. The summed E-state index contributed by atoms with van der Waals surface area (Å²) >= 11 is 0. The number of benzene rings is 1. The van der Waals surface area contributed by atoms with Crippen molar-refractivity contribution in [1.82, 2.24) is 15.5 Å². The zero-order chi connectivity index (χ0) is 15.2. The number of aliphatic hydroxyl groups excluding tert-OH is 1. The minimum atomic E-state index is -0.493. The number of aliphatic hydroxyl groups is 1. The van der Waals surface area contributed by atoms with E-state index in [0.717, 1.165) is 17.7 Å². The lowest BCUT2D eigenvalue weighted by Gasteiger charge is -2.26. The third kappa shape index (κ3) is 4.54. The number of nitrogens with one attached hydrogen (secondary N) is 2. The van der Waals surface area contributed by atoms with E-state index in [0.29, 0.717) is 19.6 Å². The van der Waals surface area contributed by atoms with Gasteiger partial charge in [0.05, 0.1) is 19.2 Å². The molecule has 2 amide bonds. The fraction of sp³-hybridized carbons (Fsp3) is 0.467. The molecule has 1 atom stereocenters. The summed E-state index contributed by atoms with van der Waals surface area (Å²) in [7, 11) is 0. The van der Waals surface area contributed by atoms with Crippen LogP contribution in [0.1, 0.15) is 24.2 Å². The Kier molecular flexibility index (Phi) is 5.30. The third-order valence-electron chi connectivity index (χ3n) is 3.47. The average molecular weight is 291 g/mol. The zero-order valence-electron chi connectivity index (χ0n) is 12.1. The smallest absolute Gasteiger partial charge is 0.239 e. The number of piperazine rings is 1. The molecule has 1 saturated heterocycles. The third-order valence-corrected chi connectivity index (χ3v) is 3.47. The fourth-order valence-electron chi connectivity index (χ4n) is 2.16. The van der Waals surface area contributed by atoms with Crippen LogP contribution < -0.4 is 10.6 Å². The van der Waals surface area contributed by atoms with Crippen LogP contribution in [0.2, 0.25) is 0 Å². The Bertz CT molecular complexity index is 499. The maximum atomic E-state index is 11.8. The summed E-state index contributed by atoms with van der Waals surface area (Å²) in [5.41, 5.74) is 1.80. The molecule has 1 aliphatic rings. The van der Waals surface area contributed by atoms with Gasteiger partial charge in [-0.1, -0.05) is 24.3 Å². The van der Waals surface area contributed by atoms with Crippen LogP contribution in [0.25, 0.3) is 0 Å². The van der Waals surface area contributed by atoms with E-state index in [1.165, 1.54) is 0 Å². The average Bonchev–Trinajstić information content (AvgIpc) is 2.48. The van der Waals surface area contributed by atoms with Gasteiger partial charge in [0, 0.05) is 19.6 Å². The van der Waals surface area contributed by atoms with Crippen molar-refractivity contribution in [3.63, 3.8) is 0 Å². The van der Waals surface area contributed by atoms with E-state index in [-0.39, 0.29) is 18.4 Å². The van der Waals surface area contributed by atoms with Gasteiger partial charge >= 0.3 is 0 Å². The lowest BCUT2D eigenvalue weighted by Crippen LogP contribution is -2.51. The van der Waals surface area contributed by atoms with Gasteiger partial charge in [0.1, 0.15) is 0 Å². The van der Waals surface area contributed by atoms with Gasteiger partial charge in [-0.3, -0.25) is 9.59 Å². The lowest BCUT2D eigenvalue weighted by molar-refractivity contribution is -0.136. The molecule has 114 valence electrons. The molecule has 1 aliphatic heterocycles. The van der Waals surface area contributed by atoms with Crippen LogP contribution in [-0.2, 0) is 16.1 Å². The molecule has 0 spiro atoms. The van der Waals surface area contributed by atoms with E-state index < -0.39 is 6.10 Å². The largest absolute Gasteiger partial charge is 0.389 e. The van der Waals surface area contributed by atoms with Crippen molar-refractivity contribution in [1.29, 1.82) is 0 Å². The first-order valence-electron chi connectivity index (χ1n) is 7.08. The van der Waals surface area contributed by atoms with Crippen LogP contribution in [0.15, 0.2) is 24.3 Å². The van der Waals surface area contributed by atoms with E-state index in [4.69, 9.17) is 0 Å². The second kappa shape index (κ2) is 7.19. The summed E-state index contributed by atoms with van der Waals surface area (Å²) in [4.78, 5) is 25.0. The Labute approximate surface area is 124 Å². The van der Waals surface area contributed by atoms with Crippen molar-refractivity contribution in [3.05, 3.63) is 35.4 Å². The minimum Gasteiger partial charge on any atom is -0.389 e. The van der Waals surface area contributed by atoms with Gasteiger partial charge in [-0.15, -0.1) is 0 Å². The van der Waals surface area contributed by atoms with Crippen LogP contribution in [0.4, 0.5) is 0 Å². The highest BCUT2D eigenvalue weighted by atomic mass is 16.3. The second-order valence-corrected chi connectivity index (χ2v) is 5.19. The first-order valence-corrected chi connectivity index (χ1v) is 7.08. The number of amides is 2. The highest BCUT2D eigenvalue weighted by Gasteiger charge is 2.19. The van der Waals surface area contributed by atoms with Crippen molar-refractivity contribution < 1.29 is 14.7 Å². The number of carbonyl (C=O) groups is 2. The highest BCUT2D eigenvalue weighted by molar-refractivity contribution is 5.86. The van der Waals surface area contributed by atoms with E-state index in [1.54, 1.807) is 11.8 Å². The first-order chi connectivity index (χ1) is 10.1. The molecule has 6 heteroatoms. The van der Waals surface area contributed by atoms with Crippen LogP contribution in [0, 0.1) is 0 Å². The van der Waals surface area contributed by atoms with Gasteiger partial charge in [-0.25, -0.2) is 0 Å². The van der Waals surface area contributed by atoms with E-state index in [9.17, 15) is 14.7 Å². The molecule has 2 rings (SSSR count). The van der Waals surface area contributed by atoms with Gasteiger partial charge in [-0.2, -0.15) is 0 Å². The molecule has 1 aromatic carbocycles. The summed E-state index contributed by atoms with van der Waals surface area (Å²) in [6.07, 6.45) is -0.493. The Morgan fingerprint density at radius 2 is 2.14 bits per heavy atom. The molecule has 1 aromatic rings. The quantitative estimate of drug-likeness (QED) is 0.701. The summed E-state index contributed by atoms with van der Waals surface area (Å²) in [5.74, 6) is -0.206. The number of carbonyl (C=O) groups excluding carboxylic acids is 2. The zero-order valence-corrected chi connectivity index (χ0v) is 12.1. The van der Waals surface area contributed by atoms with Crippen LogP contribution in [-0.4, -0.2) is 48.0 Å². The maximum Gasteiger partial charge on any atom is 0.239 e. The molecule has 3 N–H and O–H groups in total.